The molecule has 5 heteroatoms. The lowest BCUT2D eigenvalue weighted by Crippen LogP contribution is -2.26. The molecule has 1 amide bonds. The minimum absolute atomic E-state index is 0.0507. The van der Waals surface area contributed by atoms with Gasteiger partial charge in [-0.25, -0.2) is 0 Å². The maximum absolute atomic E-state index is 11.9. The van der Waals surface area contributed by atoms with Crippen molar-refractivity contribution in [1.29, 1.82) is 5.26 Å². The minimum atomic E-state index is -0.397. The zero-order chi connectivity index (χ0) is 16.2. The van der Waals surface area contributed by atoms with Crippen LogP contribution in [-0.2, 0) is 9.53 Å². The van der Waals surface area contributed by atoms with Crippen LogP contribution in [-0.4, -0.2) is 32.8 Å². The molecule has 1 N–H and O–H groups in total. The number of carbonyl (C=O) groups is 1. The molecule has 1 rings (SSSR count). The number of carbonyl (C=O) groups excluding carboxylic acids is 1. The second-order valence-corrected chi connectivity index (χ2v) is 4.33. The van der Waals surface area contributed by atoms with Crippen molar-refractivity contribution in [3.8, 4) is 24.2 Å². The molecule has 0 bridgehead atoms. The summed E-state index contributed by atoms with van der Waals surface area (Å²) in [6.45, 7) is 1.22. The van der Waals surface area contributed by atoms with Crippen molar-refractivity contribution in [1.82, 2.24) is 5.32 Å². The molecule has 0 aliphatic heterocycles. The van der Waals surface area contributed by atoms with Crippen LogP contribution < -0.4 is 10.1 Å². The number of nitriles is 1. The van der Waals surface area contributed by atoms with Crippen molar-refractivity contribution in [2.24, 2.45) is 0 Å². The molecule has 0 fully saturated rings. The van der Waals surface area contributed by atoms with Crippen LogP contribution >= 0.6 is 0 Å². The van der Waals surface area contributed by atoms with Gasteiger partial charge in [0.15, 0.2) is 0 Å². The van der Waals surface area contributed by atoms with Crippen LogP contribution in [0.15, 0.2) is 29.8 Å². The summed E-state index contributed by atoms with van der Waals surface area (Å²) in [6.07, 6.45) is 7.33. The lowest BCUT2D eigenvalue weighted by atomic mass is 10.1. The highest BCUT2D eigenvalue weighted by molar-refractivity contribution is 6.01. The Hall–Kier alpha value is -2.76. The summed E-state index contributed by atoms with van der Waals surface area (Å²) in [6, 6.07) is 8.86. The molecule has 1 aromatic rings. The van der Waals surface area contributed by atoms with Crippen LogP contribution in [0.2, 0.25) is 0 Å². The molecule has 0 radical (unpaired) electrons. The molecule has 114 valence electrons. The van der Waals surface area contributed by atoms with Crippen molar-refractivity contribution >= 4 is 12.0 Å². The van der Waals surface area contributed by atoms with Gasteiger partial charge in [-0.2, -0.15) is 5.26 Å². The maximum atomic E-state index is 11.9. The standard InChI is InChI=1S/C17H18N2O3/c1-3-10-22-16-7-5-14(6-8-16)12-15(13-18)17(20)19-9-4-11-21-2/h1,5-8,12H,4,9-11H2,2H3,(H,19,20)/b15-12-. The van der Waals surface area contributed by atoms with Gasteiger partial charge in [-0.05, 0) is 30.2 Å². The third-order valence-corrected chi connectivity index (χ3v) is 2.69. The fourth-order valence-corrected chi connectivity index (χ4v) is 1.61. The van der Waals surface area contributed by atoms with E-state index in [2.05, 4.69) is 11.2 Å². The third-order valence-electron chi connectivity index (χ3n) is 2.69. The van der Waals surface area contributed by atoms with Gasteiger partial charge in [0.25, 0.3) is 5.91 Å². The second kappa shape index (κ2) is 10.0. The summed E-state index contributed by atoms with van der Waals surface area (Å²) in [5.74, 6) is 2.62. The van der Waals surface area contributed by atoms with E-state index < -0.39 is 5.91 Å². The number of methoxy groups -OCH3 is 1. The molecule has 1 aromatic carbocycles. The highest BCUT2D eigenvalue weighted by Gasteiger charge is 2.08. The number of rotatable bonds is 8. The van der Waals surface area contributed by atoms with Gasteiger partial charge in [0.1, 0.15) is 24.0 Å². The average molecular weight is 298 g/mol. The zero-order valence-corrected chi connectivity index (χ0v) is 12.5. The van der Waals surface area contributed by atoms with E-state index in [1.165, 1.54) is 6.08 Å². The number of amides is 1. The van der Waals surface area contributed by atoms with Crippen LogP contribution in [0.4, 0.5) is 0 Å². The fourth-order valence-electron chi connectivity index (χ4n) is 1.61. The Kier molecular flexibility index (Phi) is 7.89. The highest BCUT2D eigenvalue weighted by atomic mass is 16.5. The van der Waals surface area contributed by atoms with Crippen LogP contribution in [0, 0.1) is 23.7 Å². The summed E-state index contributed by atoms with van der Waals surface area (Å²) in [5.41, 5.74) is 0.784. The smallest absolute Gasteiger partial charge is 0.261 e. The molecular weight excluding hydrogens is 280 g/mol. The second-order valence-electron chi connectivity index (χ2n) is 4.33. The van der Waals surface area contributed by atoms with E-state index in [0.717, 1.165) is 5.56 Å². The molecule has 5 nitrogen and oxygen atoms in total. The minimum Gasteiger partial charge on any atom is -0.481 e. The van der Waals surface area contributed by atoms with Gasteiger partial charge in [-0.15, -0.1) is 6.42 Å². The van der Waals surface area contributed by atoms with E-state index in [1.54, 1.807) is 31.4 Å². The van der Waals surface area contributed by atoms with E-state index in [1.807, 2.05) is 6.07 Å². The van der Waals surface area contributed by atoms with Gasteiger partial charge in [-0.3, -0.25) is 4.79 Å². The molecule has 0 saturated heterocycles. The lowest BCUT2D eigenvalue weighted by Gasteiger charge is -2.04. The molecule has 22 heavy (non-hydrogen) atoms. The van der Waals surface area contributed by atoms with Gasteiger partial charge in [0.05, 0.1) is 0 Å². The van der Waals surface area contributed by atoms with Crippen molar-refractivity contribution in [3.63, 3.8) is 0 Å². The molecular formula is C17H18N2O3. The first-order valence-electron chi connectivity index (χ1n) is 6.76. The number of benzene rings is 1. The van der Waals surface area contributed by atoms with Crippen molar-refractivity contribution < 1.29 is 14.3 Å². The van der Waals surface area contributed by atoms with E-state index in [0.29, 0.717) is 25.3 Å². The summed E-state index contributed by atoms with van der Waals surface area (Å²) in [4.78, 5) is 11.9. The number of ether oxygens (including phenoxy) is 2. The maximum Gasteiger partial charge on any atom is 0.261 e. The molecule has 0 aromatic heterocycles. The Balaban J connectivity index is 2.65. The number of terminal acetylenes is 1. The van der Waals surface area contributed by atoms with E-state index in [9.17, 15) is 4.79 Å². The quantitative estimate of drug-likeness (QED) is 0.343. The van der Waals surface area contributed by atoms with Crippen molar-refractivity contribution in [3.05, 3.63) is 35.4 Å². The predicted molar refractivity (Wildman–Crippen MR) is 83.9 cm³/mol. The van der Waals surface area contributed by atoms with E-state index >= 15 is 0 Å². The SMILES string of the molecule is C#CCOc1ccc(/C=C(/C#N)C(=O)NCCCOC)cc1. The van der Waals surface area contributed by atoms with Crippen LogP contribution in [0.25, 0.3) is 6.08 Å². The molecule has 0 unspecified atom stereocenters. The fraction of sp³-hybridized carbons (Fsp3) is 0.294. The molecule has 0 spiro atoms. The molecule has 0 aliphatic rings. The monoisotopic (exact) mass is 298 g/mol. The molecule has 0 saturated carbocycles. The van der Waals surface area contributed by atoms with Crippen LogP contribution in [0.5, 0.6) is 5.75 Å². The highest BCUT2D eigenvalue weighted by Crippen LogP contribution is 2.14. The number of nitrogens with zero attached hydrogens (tertiary/aromatic N) is 1. The Morgan fingerprint density at radius 3 is 2.73 bits per heavy atom. The normalized spacial score (nSPS) is 10.4. The number of hydrogen-bond acceptors (Lipinski definition) is 4. The predicted octanol–water partition coefficient (Wildman–Crippen LogP) is 1.76. The third kappa shape index (κ3) is 6.13. The van der Waals surface area contributed by atoms with Gasteiger partial charge in [-0.1, -0.05) is 18.1 Å². The molecule has 0 aliphatic carbocycles. The first-order valence-corrected chi connectivity index (χ1v) is 6.76. The Morgan fingerprint density at radius 2 is 2.14 bits per heavy atom. The van der Waals surface area contributed by atoms with Crippen LogP contribution in [0.1, 0.15) is 12.0 Å². The lowest BCUT2D eigenvalue weighted by molar-refractivity contribution is -0.117. The Bertz CT molecular complexity index is 592. The first-order chi connectivity index (χ1) is 10.7. The van der Waals surface area contributed by atoms with Crippen LogP contribution in [0.3, 0.4) is 0 Å². The van der Waals surface area contributed by atoms with Crippen molar-refractivity contribution in [2.75, 3.05) is 26.9 Å². The number of nitrogens with one attached hydrogen (secondary N) is 1. The molecule has 0 atom stereocenters. The Morgan fingerprint density at radius 1 is 1.41 bits per heavy atom. The van der Waals surface area contributed by atoms with Gasteiger partial charge in [0, 0.05) is 20.3 Å². The van der Waals surface area contributed by atoms with Gasteiger partial charge in [0.2, 0.25) is 0 Å². The molecule has 0 heterocycles. The van der Waals surface area contributed by atoms with E-state index in [-0.39, 0.29) is 12.2 Å². The number of hydrogen-bond donors (Lipinski definition) is 1. The Labute approximate surface area is 130 Å². The average Bonchev–Trinajstić information content (AvgIpc) is 2.55. The topological polar surface area (TPSA) is 71.3 Å². The van der Waals surface area contributed by atoms with Crippen molar-refractivity contribution in [2.45, 2.75) is 6.42 Å². The zero-order valence-electron chi connectivity index (χ0n) is 12.5. The summed E-state index contributed by atoms with van der Waals surface area (Å²) in [7, 11) is 1.60. The summed E-state index contributed by atoms with van der Waals surface area (Å²) >= 11 is 0. The van der Waals surface area contributed by atoms with Gasteiger partial charge < -0.3 is 14.8 Å². The van der Waals surface area contributed by atoms with Gasteiger partial charge >= 0.3 is 0 Å². The largest absolute Gasteiger partial charge is 0.481 e. The van der Waals surface area contributed by atoms with E-state index in [4.69, 9.17) is 21.2 Å². The summed E-state index contributed by atoms with van der Waals surface area (Å²) < 4.78 is 10.1. The summed E-state index contributed by atoms with van der Waals surface area (Å²) in [5, 5.41) is 11.8. The first kappa shape index (κ1) is 17.3.